The van der Waals surface area contributed by atoms with E-state index in [1.807, 2.05) is 38.1 Å². The van der Waals surface area contributed by atoms with Crippen LogP contribution in [0.15, 0.2) is 71.6 Å². The first-order chi connectivity index (χ1) is 15.3. The highest BCUT2D eigenvalue weighted by Gasteiger charge is 2.37. The van der Waals surface area contributed by atoms with E-state index >= 15 is 0 Å². The predicted octanol–water partition coefficient (Wildman–Crippen LogP) is 4.23. The molecule has 3 aromatic rings. The van der Waals surface area contributed by atoms with Crippen molar-refractivity contribution in [2.45, 2.75) is 31.4 Å². The van der Waals surface area contributed by atoms with Crippen LogP contribution in [-0.2, 0) is 21.4 Å². The van der Waals surface area contributed by atoms with Crippen LogP contribution in [0.2, 0.25) is 5.02 Å². The summed E-state index contributed by atoms with van der Waals surface area (Å²) >= 11 is 6.17. The number of rotatable bonds is 5. The maximum Gasteiger partial charge on any atom is 0.264 e. The summed E-state index contributed by atoms with van der Waals surface area (Å²) in [5.41, 5.74) is 3.03. The number of hydrogen-bond donors (Lipinski definition) is 1. The van der Waals surface area contributed by atoms with E-state index in [9.17, 15) is 13.2 Å². The molecule has 0 unspecified atom stereocenters. The number of nitrogens with one attached hydrogen (secondary N) is 1. The molecule has 0 spiro atoms. The molecule has 0 radical (unpaired) electrons. The number of aryl methyl sites for hydroxylation is 2. The molecule has 0 saturated carbocycles. The van der Waals surface area contributed by atoms with Gasteiger partial charge in [0.05, 0.1) is 17.1 Å². The van der Waals surface area contributed by atoms with Gasteiger partial charge in [0.25, 0.3) is 15.9 Å². The Bertz CT molecular complexity index is 1260. The van der Waals surface area contributed by atoms with Gasteiger partial charge in [-0.15, -0.1) is 0 Å². The van der Waals surface area contributed by atoms with Gasteiger partial charge in [0, 0.05) is 11.6 Å². The molecule has 0 fully saturated rings. The van der Waals surface area contributed by atoms with Crippen molar-refractivity contribution in [2.75, 3.05) is 10.8 Å². The normalized spacial score (nSPS) is 15.6. The Hall–Kier alpha value is -3.03. The minimum Gasteiger partial charge on any atom is -0.476 e. The van der Waals surface area contributed by atoms with E-state index in [2.05, 4.69) is 5.32 Å². The molecule has 1 aliphatic rings. The summed E-state index contributed by atoms with van der Waals surface area (Å²) in [6.45, 7) is 3.84. The highest BCUT2D eigenvalue weighted by atomic mass is 35.5. The van der Waals surface area contributed by atoms with Crippen molar-refractivity contribution < 1.29 is 17.9 Å². The predicted molar refractivity (Wildman–Crippen MR) is 125 cm³/mol. The third-order valence-corrected chi connectivity index (χ3v) is 7.46. The molecule has 3 aromatic carbocycles. The Morgan fingerprint density at radius 1 is 1.06 bits per heavy atom. The van der Waals surface area contributed by atoms with Crippen molar-refractivity contribution in [2.24, 2.45) is 0 Å². The third-order valence-electron chi connectivity index (χ3n) is 5.30. The number of sulfonamides is 1. The molecule has 1 aliphatic heterocycles. The van der Waals surface area contributed by atoms with Crippen molar-refractivity contribution in [1.82, 2.24) is 5.32 Å². The lowest BCUT2D eigenvalue weighted by molar-refractivity contribution is -0.127. The van der Waals surface area contributed by atoms with E-state index in [4.69, 9.17) is 16.3 Å². The molecule has 1 heterocycles. The maximum atomic E-state index is 13.5. The molecule has 0 aliphatic carbocycles. The second kappa shape index (κ2) is 8.84. The molecule has 0 bridgehead atoms. The third kappa shape index (κ3) is 4.45. The number of amides is 1. The Kier molecular flexibility index (Phi) is 6.13. The highest BCUT2D eigenvalue weighted by Crippen LogP contribution is 2.37. The monoisotopic (exact) mass is 470 g/mol. The van der Waals surface area contributed by atoms with Crippen LogP contribution in [0.1, 0.15) is 16.7 Å². The van der Waals surface area contributed by atoms with Crippen LogP contribution in [0.5, 0.6) is 5.75 Å². The van der Waals surface area contributed by atoms with Crippen LogP contribution in [0, 0.1) is 13.8 Å². The molecule has 1 amide bonds. The molecule has 6 nitrogen and oxygen atoms in total. The fourth-order valence-corrected chi connectivity index (χ4v) is 5.18. The van der Waals surface area contributed by atoms with Gasteiger partial charge >= 0.3 is 0 Å². The number of carbonyl (C=O) groups excluding carboxylic acids is 1. The van der Waals surface area contributed by atoms with Gasteiger partial charge in [0.15, 0.2) is 6.10 Å². The Labute approximate surface area is 192 Å². The highest BCUT2D eigenvalue weighted by molar-refractivity contribution is 7.92. The number of carbonyl (C=O) groups is 1. The van der Waals surface area contributed by atoms with E-state index in [0.29, 0.717) is 16.5 Å². The zero-order chi connectivity index (χ0) is 22.9. The zero-order valence-electron chi connectivity index (χ0n) is 17.7. The number of halogens is 1. The number of nitrogens with zero attached hydrogens (tertiary/aromatic N) is 1. The molecule has 166 valence electrons. The van der Waals surface area contributed by atoms with Gasteiger partial charge in [0.2, 0.25) is 0 Å². The number of ether oxygens (including phenoxy) is 1. The van der Waals surface area contributed by atoms with Gasteiger partial charge in [-0.05, 0) is 55.3 Å². The van der Waals surface area contributed by atoms with Crippen molar-refractivity contribution >= 4 is 33.2 Å². The molecule has 32 heavy (non-hydrogen) atoms. The molecular weight excluding hydrogens is 448 g/mol. The first-order valence-electron chi connectivity index (χ1n) is 10.1. The fourth-order valence-electron chi connectivity index (χ4n) is 3.50. The smallest absolute Gasteiger partial charge is 0.264 e. The van der Waals surface area contributed by atoms with Crippen molar-refractivity contribution in [3.8, 4) is 5.75 Å². The van der Waals surface area contributed by atoms with E-state index < -0.39 is 22.0 Å². The molecule has 0 aromatic heterocycles. The van der Waals surface area contributed by atoms with Crippen LogP contribution in [-0.4, -0.2) is 27.0 Å². The molecular formula is C24H23ClN2O4S. The quantitative estimate of drug-likeness (QED) is 0.605. The van der Waals surface area contributed by atoms with Crippen LogP contribution < -0.4 is 14.4 Å². The number of anilines is 1. The average molecular weight is 471 g/mol. The number of fused-ring (bicyclic) bond motifs is 1. The van der Waals surface area contributed by atoms with Crippen LogP contribution in [0.4, 0.5) is 5.69 Å². The summed E-state index contributed by atoms with van der Waals surface area (Å²) in [5, 5.41) is 3.35. The summed E-state index contributed by atoms with van der Waals surface area (Å²) in [6.07, 6.45) is -1.01. The molecule has 1 N–H and O–H groups in total. The standard InChI is InChI=1S/C24H23ClN2O4S/c1-16-7-10-19(11-8-16)32(29,30)27-15-23(31-22-13-17(2)9-12-21(22)27)24(28)26-14-18-5-3-4-6-20(18)25/h3-13,23H,14-15H2,1-2H3,(H,26,28)/t23-/m0/s1. The summed E-state index contributed by atoms with van der Waals surface area (Å²) in [4.78, 5) is 13.1. The van der Waals surface area contributed by atoms with Crippen LogP contribution in [0.3, 0.4) is 0 Å². The molecule has 8 heteroatoms. The second-order valence-corrected chi connectivity index (χ2v) is 10.0. The first-order valence-corrected chi connectivity index (χ1v) is 12.0. The SMILES string of the molecule is Cc1ccc(S(=O)(=O)N2C[C@@H](C(=O)NCc3ccccc3Cl)Oc3cc(C)ccc32)cc1. The molecule has 0 saturated heterocycles. The van der Waals surface area contributed by atoms with Gasteiger partial charge in [-0.25, -0.2) is 8.42 Å². The van der Waals surface area contributed by atoms with Gasteiger partial charge in [-0.3, -0.25) is 9.10 Å². The Balaban J connectivity index is 1.63. The van der Waals surface area contributed by atoms with Crippen LogP contribution >= 0.6 is 11.6 Å². The topological polar surface area (TPSA) is 75.7 Å². The second-order valence-electron chi connectivity index (χ2n) is 7.74. The lowest BCUT2D eigenvalue weighted by Gasteiger charge is -2.35. The summed E-state index contributed by atoms with van der Waals surface area (Å²) in [6, 6.07) is 19.1. The van der Waals surface area contributed by atoms with E-state index in [0.717, 1.165) is 16.7 Å². The largest absolute Gasteiger partial charge is 0.476 e. The van der Waals surface area contributed by atoms with Crippen molar-refractivity contribution in [3.63, 3.8) is 0 Å². The Morgan fingerprint density at radius 2 is 1.75 bits per heavy atom. The number of hydrogen-bond acceptors (Lipinski definition) is 4. The lowest BCUT2D eigenvalue weighted by Crippen LogP contribution is -2.50. The maximum absolute atomic E-state index is 13.5. The van der Waals surface area contributed by atoms with Gasteiger partial charge < -0.3 is 10.1 Å². The van der Waals surface area contributed by atoms with E-state index in [1.54, 1.807) is 42.5 Å². The van der Waals surface area contributed by atoms with Crippen LogP contribution in [0.25, 0.3) is 0 Å². The summed E-state index contributed by atoms with van der Waals surface area (Å²) in [5.74, 6) is -0.0639. The molecule has 4 rings (SSSR count). The Morgan fingerprint density at radius 3 is 2.47 bits per heavy atom. The van der Waals surface area contributed by atoms with Gasteiger partial charge in [-0.1, -0.05) is 53.6 Å². The van der Waals surface area contributed by atoms with Crippen molar-refractivity contribution in [1.29, 1.82) is 0 Å². The zero-order valence-corrected chi connectivity index (χ0v) is 19.3. The summed E-state index contributed by atoms with van der Waals surface area (Å²) < 4.78 is 34.1. The van der Waals surface area contributed by atoms with Crippen molar-refractivity contribution in [3.05, 3.63) is 88.4 Å². The number of benzene rings is 3. The lowest BCUT2D eigenvalue weighted by atomic mass is 10.1. The van der Waals surface area contributed by atoms with E-state index in [-0.39, 0.29) is 18.0 Å². The average Bonchev–Trinajstić information content (AvgIpc) is 2.77. The molecule has 1 atom stereocenters. The first kappa shape index (κ1) is 22.2. The minimum absolute atomic E-state index is 0.138. The van der Waals surface area contributed by atoms with Gasteiger partial charge in [0.1, 0.15) is 5.75 Å². The fraction of sp³-hybridized carbons (Fsp3) is 0.208. The van der Waals surface area contributed by atoms with Gasteiger partial charge in [-0.2, -0.15) is 0 Å². The minimum atomic E-state index is -3.89. The summed E-state index contributed by atoms with van der Waals surface area (Å²) in [7, 11) is -3.89. The van der Waals surface area contributed by atoms with E-state index in [1.165, 1.54) is 4.31 Å².